The first-order chi connectivity index (χ1) is 16.9. The lowest BCUT2D eigenvalue weighted by molar-refractivity contribution is -0.189. The summed E-state index contributed by atoms with van der Waals surface area (Å²) in [7, 11) is 0. The quantitative estimate of drug-likeness (QED) is 0.364. The van der Waals surface area contributed by atoms with E-state index in [9.17, 15) is 37.1 Å². The number of hydrogen-bond donors (Lipinski definition) is 4. The van der Waals surface area contributed by atoms with Crippen molar-refractivity contribution in [2.75, 3.05) is 11.9 Å². The first-order valence-corrected chi connectivity index (χ1v) is 11.9. The van der Waals surface area contributed by atoms with Crippen LogP contribution in [0.3, 0.4) is 0 Å². The molecule has 1 aliphatic heterocycles. The molecule has 4 rings (SSSR count). The van der Waals surface area contributed by atoms with E-state index < -0.39 is 47.1 Å². The number of amides is 4. The maximum Gasteiger partial charge on any atom is 0.403 e. The Hall–Kier alpha value is -3.15. The largest absolute Gasteiger partial charge is 0.403 e. The Kier molecular flexibility index (Phi) is 7.00. The van der Waals surface area contributed by atoms with Gasteiger partial charge in [0.05, 0.1) is 17.3 Å². The first-order valence-electron chi connectivity index (χ1n) is 11.5. The minimum absolute atomic E-state index is 0.0552. The van der Waals surface area contributed by atoms with Gasteiger partial charge >= 0.3 is 6.18 Å². The van der Waals surface area contributed by atoms with Gasteiger partial charge in [-0.1, -0.05) is 11.6 Å². The van der Waals surface area contributed by atoms with Crippen LogP contribution in [-0.4, -0.2) is 54.2 Å². The number of nitrogens with one attached hydrogen (secondary N) is 4. The van der Waals surface area contributed by atoms with E-state index >= 15 is 0 Å². The maximum absolute atomic E-state index is 13.4. The molecule has 1 heterocycles. The zero-order chi connectivity index (χ0) is 26.3. The van der Waals surface area contributed by atoms with Crippen LogP contribution < -0.4 is 21.3 Å². The molecule has 0 aromatic heterocycles. The molecule has 4 amide bonds. The molecule has 1 unspecified atom stereocenters. The summed E-state index contributed by atoms with van der Waals surface area (Å²) in [5, 5.41) is 9.80. The first kappa shape index (κ1) is 25.9. The van der Waals surface area contributed by atoms with E-state index in [4.69, 9.17) is 11.6 Å². The molecule has 36 heavy (non-hydrogen) atoms. The predicted octanol–water partition coefficient (Wildman–Crippen LogP) is 2.09. The molecule has 9 nitrogen and oxygen atoms in total. The highest BCUT2D eigenvalue weighted by atomic mass is 35.5. The lowest BCUT2D eigenvalue weighted by Gasteiger charge is -2.22. The summed E-state index contributed by atoms with van der Waals surface area (Å²) in [6.07, 6.45) is -3.77. The average Bonchev–Trinajstić information content (AvgIpc) is 3.73. The molecule has 13 heteroatoms. The molecule has 3 fully saturated rings. The van der Waals surface area contributed by atoms with Crippen molar-refractivity contribution in [3.8, 4) is 0 Å². The third-order valence-electron chi connectivity index (χ3n) is 6.64. The Labute approximate surface area is 208 Å². The number of alkyl halides is 3. The van der Waals surface area contributed by atoms with Crippen molar-refractivity contribution in [1.29, 1.82) is 0 Å². The fourth-order valence-electron chi connectivity index (χ4n) is 4.08. The number of halogens is 4. The smallest absolute Gasteiger partial charge is 0.356 e. The minimum Gasteiger partial charge on any atom is -0.356 e. The molecule has 194 valence electrons. The van der Waals surface area contributed by atoms with Crippen LogP contribution in [-0.2, 0) is 19.2 Å². The average molecular weight is 529 g/mol. The van der Waals surface area contributed by atoms with Gasteiger partial charge in [0.15, 0.2) is 0 Å². The van der Waals surface area contributed by atoms with Crippen LogP contribution in [0.2, 0.25) is 5.02 Å². The van der Waals surface area contributed by atoms with Crippen molar-refractivity contribution in [1.82, 2.24) is 16.0 Å². The van der Waals surface area contributed by atoms with E-state index in [0.717, 1.165) is 18.9 Å². The molecule has 3 aliphatic rings. The number of anilines is 1. The van der Waals surface area contributed by atoms with Gasteiger partial charge < -0.3 is 21.3 Å². The molecule has 0 spiro atoms. The number of rotatable bonds is 9. The van der Waals surface area contributed by atoms with Gasteiger partial charge in [0.25, 0.3) is 11.8 Å². The topological polar surface area (TPSA) is 133 Å². The van der Waals surface area contributed by atoms with Gasteiger partial charge in [-0.3, -0.25) is 24.0 Å². The summed E-state index contributed by atoms with van der Waals surface area (Å²) in [4.78, 5) is 62.9. The molecule has 1 aromatic carbocycles. The Morgan fingerprint density at radius 3 is 2.39 bits per heavy atom. The van der Waals surface area contributed by atoms with E-state index in [-0.39, 0.29) is 47.5 Å². The Bertz CT molecular complexity index is 1120. The zero-order valence-corrected chi connectivity index (χ0v) is 19.7. The summed E-state index contributed by atoms with van der Waals surface area (Å²) in [5.74, 6) is -5.03. The van der Waals surface area contributed by atoms with Crippen molar-refractivity contribution < 1.29 is 37.1 Å². The van der Waals surface area contributed by atoms with Gasteiger partial charge in [0, 0.05) is 23.5 Å². The lowest BCUT2D eigenvalue weighted by atomic mass is 9.95. The van der Waals surface area contributed by atoms with Gasteiger partial charge in [0.1, 0.15) is 5.41 Å². The Morgan fingerprint density at radius 1 is 1.14 bits per heavy atom. The third-order valence-corrected chi connectivity index (χ3v) is 6.88. The number of carbonyl (C=O) groups is 5. The summed E-state index contributed by atoms with van der Waals surface area (Å²) < 4.78 is 40.1. The highest BCUT2D eigenvalue weighted by Crippen LogP contribution is 2.58. The van der Waals surface area contributed by atoms with Crippen LogP contribution in [0.1, 0.15) is 48.9 Å². The Balaban J connectivity index is 1.54. The van der Waals surface area contributed by atoms with Crippen LogP contribution in [0.4, 0.5) is 18.9 Å². The standard InChI is InChI=1S/C23H24ClF3N4O5/c24-12-1-4-15(31-21(36)22(6-7-22)23(25,26)27)14(10-12)19(34)30-16(9-11-5-8-28-18(11)33)17(32)20(35)29-13-2-3-13/h1,4,10-11,13,16H,2-3,5-9H2,(H,28,33)(H,29,35)(H,30,34)(H,31,36)/t11-,16?/m0/s1. The van der Waals surface area contributed by atoms with Crippen molar-refractivity contribution in [3.05, 3.63) is 28.8 Å². The van der Waals surface area contributed by atoms with Gasteiger partial charge in [-0.15, -0.1) is 0 Å². The molecule has 2 saturated carbocycles. The highest BCUT2D eigenvalue weighted by Gasteiger charge is 2.68. The SMILES string of the molecule is O=C(NC1CC1)C(=O)C(C[C@@H]1CCNC1=O)NC(=O)c1cc(Cl)ccc1NC(=O)C1(C(F)(F)F)CC1. The molecule has 2 atom stereocenters. The van der Waals surface area contributed by atoms with Crippen LogP contribution >= 0.6 is 11.6 Å². The molecule has 1 saturated heterocycles. The molecule has 0 radical (unpaired) electrons. The predicted molar refractivity (Wildman–Crippen MR) is 121 cm³/mol. The van der Waals surface area contributed by atoms with Crippen LogP contribution in [0.15, 0.2) is 18.2 Å². The molecule has 4 N–H and O–H groups in total. The molecule has 1 aromatic rings. The fraction of sp³-hybridized carbons (Fsp3) is 0.522. The molecule has 0 bridgehead atoms. The number of hydrogen-bond acceptors (Lipinski definition) is 5. The van der Waals surface area contributed by atoms with Crippen molar-refractivity contribution in [3.63, 3.8) is 0 Å². The maximum atomic E-state index is 13.4. The molecular formula is C23H24ClF3N4O5. The third kappa shape index (κ3) is 5.48. The lowest BCUT2D eigenvalue weighted by Crippen LogP contribution is -2.49. The second-order valence-corrected chi connectivity index (χ2v) is 9.81. The van der Waals surface area contributed by atoms with Gasteiger partial charge in [-0.05, 0) is 56.7 Å². The second-order valence-electron chi connectivity index (χ2n) is 9.37. The van der Waals surface area contributed by atoms with E-state index in [1.54, 1.807) is 0 Å². The summed E-state index contributed by atoms with van der Waals surface area (Å²) in [6, 6.07) is 2.11. The van der Waals surface area contributed by atoms with E-state index in [2.05, 4.69) is 21.3 Å². The second kappa shape index (κ2) is 9.72. The number of benzene rings is 1. The monoisotopic (exact) mass is 528 g/mol. The van der Waals surface area contributed by atoms with Crippen molar-refractivity contribution in [2.45, 2.75) is 56.8 Å². The van der Waals surface area contributed by atoms with Gasteiger partial charge in [0.2, 0.25) is 17.6 Å². The summed E-state index contributed by atoms with van der Waals surface area (Å²) in [6.45, 7) is 0.387. The highest BCUT2D eigenvalue weighted by molar-refractivity contribution is 6.38. The normalized spacial score (nSPS) is 21.2. The van der Waals surface area contributed by atoms with Crippen LogP contribution in [0, 0.1) is 11.3 Å². The van der Waals surface area contributed by atoms with Crippen LogP contribution in [0.5, 0.6) is 0 Å². The van der Waals surface area contributed by atoms with Crippen molar-refractivity contribution in [2.24, 2.45) is 11.3 Å². The van der Waals surface area contributed by atoms with Gasteiger partial charge in [-0.25, -0.2) is 0 Å². The molecule has 2 aliphatic carbocycles. The Morgan fingerprint density at radius 2 is 1.83 bits per heavy atom. The number of carbonyl (C=O) groups excluding carboxylic acids is 5. The fourth-order valence-corrected chi connectivity index (χ4v) is 4.26. The number of ketones is 1. The van der Waals surface area contributed by atoms with E-state index in [1.807, 2.05) is 0 Å². The zero-order valence-electron chi connectivity index (χ0n) is 19.0. The van der Waals surface area contributed by atoms with Crippen LogP contribution in [0.25, 0.3) is 0 Å². The minimum atomic E-state index is -4.75. The number of Topliss-reactive ketones (excluding diaryl/α,β-unsaturated/α-hetero) is 1. The van der Waals surface area contributed by atoms with E-state index in [1.165, 1.54) is 12.1 Å². The van der Waals surface area contributed by atoms with E-state index in [0.29, 0.717) is 13.0 Å². The molecular weight excluding hydrogens is 505 g/mol. The van der Waals surface area contributed by atoms with Crippen molar-refractivity contribution >= 4 is 46.7 Å². The summed E-state index contributed by atoms with van der Waals surface area (Å²) >= 11 is 5.99. The van der Waals surface area contributed by atoms with Gasteiger partial charge in [-0.2, -0.15) is 13.2 Å². The summed E-state index contributed by atoms with van der Waals surface area (Å²) in [5.41, 5.74) is -3.04.